The Hall–Kier alpha value is -1.95. The third-order valence-corrected chi connectivity index (χ3v) is 4.66. The van der Waals surface area contributed by atoms with Crippen molar-refractivity contribution in [3.8, 4) is 0 Å². The van der Waals surface area contributed by atoms with E-state index in [1.807, 2.05) is 43.5 Å². The number of amides is 1. The number of ether oxygens (including phenoxy) is 1. The summed E-state index contributed by atoms with van der Waals surface area (Å²) in [5.74, 6) is 0.430. The molecule has 2 heterocycles. The molecule has 1 aliphatic rings. The maximum absolute atomic E-state index is 12.5. The van der Waals surface area contributed by atoms with Crippen molar-refractivity contribution in [3.63, 3.8) is 0 Å². The highest BCUT2D eigenvalue weighted by atomic mass is 35.5. The van der Waals surface area contributed by atoms with E-state index in [4.69, 9.17) is 22.1 Å². The number of carbonyl (C=O) groups excluding carboxylic acids is 1. The Labute approximate surface area is 152 Å². The van der Waals surface area contributed by atoms with Gasteiger partial charge in [-0.2, -0.15) is 0 Å². The standard InChI is InChI=1S/C18H25ClN4O2/c1-18(2,3)25-17(24)22-10-5-4-7-12(11-22)23-15-13(19)8-6-9-14(15)21-16(23)20/h6,8-9,12H,4-5,7,10-11H2,1-3H3,(H2,20,21)/t12-/m1/s1. The lowest BCUT2D eigenvalue weighted by Crippen LogP contribution is -2.39. The van der Waals surface area contributed by atoms with Crippen molar-refractivity contribution in [3.05, 3.63) is 23.2 Å². The van der Waals surface area contributed by atoms with Crippen LogP contribution in [0.15, 0.2) is 18.2 Å². The van der Waals surface area contributed by atoms with Gasteiger partial charge in [-0.05, 0) is 52.2 Å². The van der Waals surface area contributed by atoms with Gasteiger partial charge >= 0.3 is 6.09 Å². The van der Waals surface area contributed by atoms with Crippen molar-refractivity contribution < 1.29 is 9.53 Å². The van der Waals surface area contributed by atoms with Gasteiger partial charge in [-0.25, -0.2) is 9.78 Å². The molecule has 0 aliphatic carbocycles. The third kappa shape index (κ3) is 3.84. The molecule has 1 fully saturated rings. The van der Waals surface area contributed by atoms with Gasteiger partial charge in [-0.15, -0.1) is 0 Å². The van der Waals surface area contributed by atoms with E-state index >= 15 is 0 Å². The summed E-state index contributed by atoms with van der Waals surface area (Å²) in [5, 5.41) is 0.620. The van der Waals surface area contributed by atoms with Gasteiger partial charge in [-0.3, -0.25) is 0 Å². The highest BCUT2D eigenvalue weighted by Gasteiger charge is 2.29. The predicted octanol–water partition coefficient (Wildman–Crippen LogP) is 4.23. The van der Waals surface area contributed by atoms with Crippen molar-refractivity contribution in [2.45, 2.75) is 51.7 Å². The van der Waals surface area contributed by atoms with Crippen LogP contribution in [0.5, 0.6) is 0 Å². The number of rotatable bonds is 1. The molecule has 0 saturated carbocycles. The van der Waals surface area contributed by atoms with Crippen LogP contribution in [-0.2, 0) is 4.74 Å². The maximum atomic E-state index is 12.5. The van der Waals surface area contributed by atoms with Gasteiger partial charge in [0, 0.05) is 13.1 Å². The molecule has 1 aromatic carbocycles. The van der Waals surface area contributed by atoms with Crippen molar-refractivity contribution in [1.82, 2.24) is 14.5 Å². The molecule has 1 atom stereocenters. The Balaban J connectivity index is 1.92. The molecule has 136 valence electrons. The lowest BCUT2D eigenvalue weighted by molar-refractivity contribution is 0.0238. The number of nitrogens with two attached hydrogens (primary N) is 1. The van der Waals surface area contributed by atoms with E-state index in [1.54, 1.807) is 4.90 Å². The number of aromatic nitrogens is 2. The number of nitrogen functional groups attached to an aromatic ring is 1. The summed E-state index contributed by atoms with van der Waals surface area (Å²) >= 11 is 6.40. The van der Waals surface area contributed by atoms with Gasteiger partial charge in [0.05, 0.1) is 22.1 Å². The minimum atomic E-state index is -0.511. The van der Waals surface area contributed by atoms with Crippen LogP contribution in [0.2, 0.25) is 5.02 Å². The summed E-state index contributed by atoms with van der Waals surface area (Å²) in [6.45, 7) is 6.85. The Morgan fingerprint density at radius 1 is 1.36 bits per heavy atom. The van der Waals surface area contributed by atoms with Crippen LogP contribution < -0.4 is 5.73 Å². The highest BCUT2D eigenvalue weighted by molar-refractivity contribution is 6.35. The molecule has 3 rings (SSSR count). The SMILES string of the molecule is CC(C)(C)OC(=O)N1CCCC[C@@H](n2c(N)nc3cccc(Cl)c32)C1. The van der Waals surface area contributed by atoms with Gasteiger partial charge < -0.3 is 19.9 Å². The predicted molar refractivity (Wildman–Crippen MR) is 99.9 cm³/mol. The molecular formula is C18H25ClN4O2. The number of hydrogen-bond acceptors (Lipinski definition) is 4. The molecular weight excluding hydrogens is 340 g/mol. The van der Waals surface area contributed by atoms with E-state index in [0.717, 1.165) is 30.3 Å². The fourth-order valence-corrected chi connectivity index (χ4v) is 3.58. The topological polar surface area (TPSA) is 73.4 Å². The third-order valence-electron chi connectivity index (χ3n) is 4.35. The van der Waals surface area contributed by atoms with Gasteiger partial charge in [0.1, 0.15) is 5.60 Å². The van der Waals surface area contributed by atoms with Crippen LogP contribution in [0.3, 0.4) is 0 Å². The average Bonchev–Trinajstić information content (AvgIpc) is 2.68. The van der Waals surface area contributed by atoms with Crippen molar-refractivity contribution >= 4 is 34.7 Å². The van der Waals surface area contributed by atoms with Crippen LogP contribution in [0, 0.1) is 0 Å². The largest absolute Gasteiger partial charge is 0.444 e. The Morgan fingerprint density at radius 3 is 2.84 bits per heavy atom. The molecule has 1 aromatic heterocycles. The number of likely N-dealkylation sites (tertiary alicyclic amines) is 1. The first-order valence-corrected chi connectivity index (χ1v) is 9.04. The zero-order valence-corrected chi connectivity index (χ0v) is 15.7. The number of anilines is 1. The molecule has 0 unspecified atom stereocenters. The molecule has 0 bridgehead atoms. The molecule has 7 heteroatoms. The van der Waals surface area contributed by atoms with Crippen LogP contribution in [-0.4, -0.2) is 39.2 Å². The quantitative estimate of drug-likeness (QED) is 0.821. The first kappa shape index (κ1) is 17.9. The van der Waals surface area contributed by atoms with Gasteiger partial charge in [0.25, 0.3) is 0 Å². The van der Waals surface area contributed by atoms with Crippen molar-refractivity contribution in [2.24, 2.45) is 0 Å². The molecule has 6 nitrogen and oxygen atoms in total. The summed E-state index contributed by atoms with van der Waals surface area (Å²) in [7, 11) is 0. The maximum Gasteiger partial charge on any atom is 0.410 e. The number of fused-ring (bicyclic) bond motifs is 1. The van der Waals surface area contributed by atoms with Gasteiger partial charge in [-0.1, -0.05) is 17.7 Å². The van der Waals surface area contributed by atoms with Crippen LogP contribution >= 0.6 is 11.6 Å². The normalized spacial score (nSPS) is 19.0. The number of nitrogens with zero attached hydrogens (tertiary/aromatic N) is 3. The molecule has 0 spiro atoms. The average molecular weight is 365 g/mol. The molecule has 1 aliphatic heterocycles. The number of hydrogen-bond donors (Lipinski definition) is 1. The monoisotopic (exact) mass is 364 g/mol. The van der Waals surface area contributed by atoms with E-state index in [-0.39, 0.29) is 12.1 Å². The second-order valence-corrected chi connectivity index (χ2v) is 7.93. The van der Waals surface area contributed by atoms with Crippen LogP contribution in [0.25, 0.3) is 11.0 Å². The van der Waals surface area contributed by atoms with E-state index in [1.165, 1.54) is 0 Å². The zero-order chi connectivity index (χ0) is 18.2. The summed E-state index contributed by atoms with van der Waals surface area (Å²) in [6.07, 6.45) is 2.58. The van der Waals surface area contributed by atoms with Gasteiger partial charge in [0.15, 0.2) is 0 Å². The molecule has 1 saturated heterocycles. The zero-order valence-electron chi connectivity index (χ0n) is 15.0. The Morgan fingerprint density at radius 2 is 2.12 bits per heavy atom. The minimum Gasteiger partial charge on any atom is -0.444 e. The van der Waals surface area contributed by atoms with Crippen LogP contribution in [0.4, 0.5) is 10.7 Å². The van der Waals surface area contributed by atoms with Crippen LogP contribution in [0.1, 0.15) is 46.1 Å². The Kier molecular flexibility index (Phi) is 4.82. The second-order valence-electron chi connectivity index (χ2n) is 7.52. The number of halogens is 1. The number of carbonyl (C=O) groups is 1. The summed E-state index contributed by atoms with van der Waals surface area (Å²) < 4.78 is 7.52. The molecule has 2 aromatic rings. The van der Waals surface area contributed by atoms with E-state index in [0.29, 0.717) is 24.1 Å². The summed E-state index contributed by atoms with van der Waals surface area (Å²) in [4.78, 5) is 18.7. The molecule has 2 N–H and O–H groups in total. The van der Waals surface area contributed by atoms with Gasteiger partial charge in [0.2, 0.25) is 5.95 Å². The smallest absolute Gasteiger partial charge is 0.410 e. The lowest BCUT2D eigenvalue weighted by Gasteiger charge is -2.29. The first-order chi connectivity index (χ1) is 11.8. The Bertz CT molecular complexity index is 781. The molecule has 25 heavy (non-hydrogen) atoms. The van der Waals surface area contributed by atoms with E-state index < -0.39 is 5.60 Å². The van der Waals surface area contributed by atoms with Crippen molar-refractivity contribution in [2.75, 3.05) is 18.8 Å². The fraction of sp³-hybridized carbons (Fsp3) is 0.556. The lowest BCUT2D eigenvalue weighted by atomic mass is 10.1. The highest BCUT2D eigenvalue weighted by Crippen LogP contribution is 2.32. The number of imidazole rings is 1. The number of para-hydroxylation sites is 1. The molecule has 1 amide bonds. The fourth-order valence-electron chi connectivity index (χ4n) is 3.32. The minimum absolute atomic E-state index is 0.0277. The summed E-state index contributed by atoms with van der Waals surface area (Å²) in [6, 6.07) is 5.63. The van der Waals surface area contributed by atoms with E-state index in [9.17, 15) is 4.79 Å². The second kappa shape index (κ2) is 6.75. The summed E-state index contributed by atoms with van der Waals surface area (Å²) in [5.41, 5.74) is 7.28. The molecule has 0 radical (unpaired) electrons. The first-order valence-electron chi connectivity index (χ1n) is 8.66. The van der Waals surface area contributed by atoms with E-state index in [2.05, 4.69) is 4.98 Å². The van der Waals surface area contributed by atoms with Crippen molar-refractivity contribution in [1.29, 1.82) is 0 Å². The number of benzene rings is 1.